The van der Waals surface area contributed by atoms with E-state index in [-0.39, 0.29) is 44.9 Å². The number of nitriles is 1. The monoisotopic (exact) mass is 428 g/mol. The zero-order valence-electron chi connectivity index (χ0n) is 15.9. The summed E-state index contributed by atoms with van der Waals surface area (Å²) in [4.78, 5) is 24.1. The van der Waals surface area contributed by atoms with E-state index in [0.29, 0.717) is 0 Å². The molecule has 0 unspecified atom stereocenters. The average Bonchev–Trinajstić information content (AvgIpc) is 3.16. The number of carbonyl (C=O) groups is 2. The summed E-state index contributed by atoms with van der Waals surface area (Å²) in [5.41, 5.74) is -0.217. The lowest BCUT2D eigenvalue weighted by Crippen LogP contribution is -2.26. The number of aromatic nitrogens is 1. The number of carboxylic acid groups (broad SMARTS) is 1. The molecule has 2 aromatic carbocycles. The number of carbonyl (C=O) groups excluding carboxylic acids is 1. The first-order valence-corrected chi connectivity index (χ1v) is 10.1. The first kappa shape index (κ1) is 21.0. The zero-order chi connectivity index (χ0) is 22.1. The maximum atomic E-state index is 12.7. The van der Waals surface area contributed by atoms with Crippen molar-refractivity contribution in [1.82, 2.24) is 9.46 Å². The lowest BCUT2D eigenvalue weighted by molar-refractivity contribution is 0.0698. The lowest BCUT2D eigenvalue weighted by atomic mass is 10.1. The van der Waals surface area contributed by atoms with Crippen LogP contribution in [0.3, 0.4) is 0 Å². The molecular formula is C19H16N4O6S. The van der Waals surface area contributed by atoms with Gasteiger partial charge < -0.3 is 14.9 Å². The Morgan fingerprint density at radius 3 is 2.63 bits per heavy atom. The van der Waals surface area contributed by atoms with Gasteiger partial charge in [0.05, 0.1) is 33.2 Å². The van der Waals surface area contributed by atoms with Crippen molar-refractivity contribution in [3.05, 3.63) is 53.2 Å². The van der Waals surface area contributed by atoms with Crippen LogP contribution in [0.5, 0.6) is 0 Å². The second-order valence-electron chi connectivity index (χ2n) is 6.24. The Morgan fingerprint density at radius 2 is 2.00 bits per heavy atom. The molecule has 11 heteroatoms. The molecule has 0 bridgehead atoms. The predicted molar refractivity (Wildman–Crippen MR) is 106 cm³/mol. The van der Waals surface area contributed by atoms with Gasteiger partial charge in [-0.2, -0.15) is 5.26 Å². The Balaban J connectivity index is 2.02. The Morgan fingerprint density at radius 1 is 1.27 bits per heavy atom. The van der Waals surface area contributed by atoms with Crippen LogP contribution in [0, 0.1) is 11.3 Å². The predicted octanol–water partition coefficient (Wildman–Crippen LogP) is 2.29. The first-order valence-electron chi connectivity index (χ1n) is 8.63. The van der Waals surface area contributed by atoms with Crippen molar-refractivity contribution in [2.75, 3.05) is 18.9 Å². The third-order valence-electron chi connectivity index (χ3n) is 4.44. The number of sulfonamides is 1. The molecule has 0 radical (unpaired) electrons. The van der Waals surface area contributed by atoms with Gasteiger partial charge in [-0.25, -0.2) is 17.5 Å². The highest BCUT2D eigenvalue weighted by Gasteiger charge is 2.24. The number of nitrogens with zero attached hydrogens (tertiary/aromatic N) is 3. The molecule has 0 aliphatic rings. The minimum Gasteiger partial charge on any atom is -0.478 e. The van der Waals surface area contributed by atoms with Gasteiger partial charge in [-0.05, 0) is 36.4 Å². The fourth-order valence-corrected chi connectivity index (χ4v) is 3.88. The van der Waals surface area contributed by atoms with E-state index in [2.05, 4.69) is 10.5 Å². The van der Waals surface area contributed by atoms with E-state index in [4.69, 9.17) is 9.78 Å². The summed E-state index contributed by atoms with van der Waals surface area (Å²) >= 11 is 0. The number of hydrogen-bond donors (Lipinski definition) is 2. The second-order valence-corrected chi connectivity index (χ2v) is 8.28. The van der Waals surface area contributed by atoms with Gasteiger partial charge in [-0.1, -0.05) is 12.1 Å². The summed E-state index contributed by atoms with van der Waals surface area (Å²) in [6.45, 7) is 1.94. The third-order valence-corrected chi connectivity index (χ3v) is 6.37. The Bertz CT molecular complexity index is 1310. The molecule has 30 heavy (non-hydrogen) atoms. The van der Waals surface area contributed by atoms with Crippen LogP contribution in [0.4, 0.5) is 5.69 Å². The molecule has 0 aliphatic carbocycles. The van der Waals surface area contributed by atoms with E-state index in [1.165, 1.54) is 37.4 Å². The number of rotatable bonds is 6. The smallest absolute Gasteiger partial charge is 0.337 e. The van der Waals surface area contributed by atoms with Crippen molar-refractivity contribution < 1.29 is 27.6 Å². The largest absolute Gasteiger partial charge is 0.478 e. The van der Waals surface area contributed by atoms with Crippen LogP contribution >= 0.6 is 0 Å². The van der Waals surface area contributed by atoms with Gasteiger partial charge in [0.25, 0.3) is 5.91 Å². The zero-order valence-corrected chi connectivity index (χ0v) is 16.7. The molecule has 3 aromatic rings. The number of fused-ring (bicyclic) bond motifs is 1. The highest BCUT2D eigenvalue weighted by atomic mass is 32.2. The Labute approximate surface area is 171 Å². The molecule has 2 N–H and O–H groups in total. The molecule has 3 rings (SSSR count). The summed E-state index contributed by atoms with van der Waals surface area (Å²) in [5, 5.41) is 24.5. The van der Waals surface area contributed by atoms with Crippen molar-refractivity contribution >= 4 is 38.6 Å². The van der Waals surface area contributed by atoms with Crippen molar-refractivity contribution in [2.45, 2.75) is 11.8 Å². The normalized spacial score (nSPS) is 11.4. The van der Waals surface area contributed by atoms with Crippen LogP contribution < -0.4 is 5.32 Å². The molecule has 0 atom stereocenters. The van der Waals surface area contributed by atoms with E-state index in [1.807, 2.05) is 6.07 Å². The van der Waals surface area contributed by atoms with Crippen molar-refractivity contribution in [3.63, 3.8) is 0 Å². The topological polar surface area (TPSA) is 154 Å². The van der Waals surface area contributed by atoms with Gasteiger partial charge in [-0.15, -0.1) is 0 Å². The maximum Gasteiger partial charge on any atom is 0.337 e. The fourth-order valence-electron chi connectivity index (χ4n) is 2.67. The summed E-state index contributed by atoms with van der Waals surface area (Å²) in [7, 11) is -2.33. The lowest BCUT2D eigenvalue weighted by Gasteiger charge is -2.14. The fraction of sp³-hybridized carbons (Fsp3) is 0.158. The Hall–Kier alpha value is -3.75. The molecule has 1 aromatic heterocycles. The summed E-state index contributed by atoms with van der Waals surface area (Å²) in [6.07, 6.45) is 0. The van der Waals surface area contributed by atoms with Gasteiger partial charge in [-0.3, -0.25) is 4.79 Å². The maximum absolute atomic E-state index is 12.7. The Kier molecular flexibility index (Phi) is 5.55. The van der Waals surface area contributed by atoms with E-state index in [0.717, 1.165) is 10.4 Å². The van der Waals surface area contributed by atoms with E-state index < -0.39 is 21.9 Å². The minimum atomic E-state index is -3.76. The average molecular weight is 428 g/mol. The highest BCUT2D eigenvalue weighted by Crippen LogP contribution is 2.25. The SMILES string of the molecule is CCN(C)S(=O)(=O)c1ccc2onc(C(=O)Nc3ccc(C#N)cc3C(=O)O)c2c1. The molecule has 1 heterocycles. The summed E-state index contributed by atoms with van der Waals surface area (Å²) in [6, 6.07) is 9.61. The van der Waals surface area contributed by atoms with Gasteiger partial charge in [0.15, 0.2) is 11.3 Å². The van der Waals surface area contributed by atoms with Crippen LogP contribution in [0.1, 0.15) is 33.3 Å². The third kappa shape index (κ3) is 3.73. The summed E-state index contributed by atoms with van der Waals surface area (Å²) < 4.78 is 31.4. The number of nitrogens with one attached hydrogen (secondary N) is 1. The van der Waals surface area contributed by atoms with Crippen molar-refractivity contribution in [1.29, 1.82) is 5.26 Å². The van der Waals surface area contributed by atoms with Gasteiger partial charge in [0, 0.05) is 13.6 Å². The first-order chi connectivity index (χ1) is 14.2. The standard InChI is InChI=1S/C19H16N4O6S/c1-3-23(2)30(27,28)12-5-7-16-14(9-12)17(22-29-16)18(24)21-15-6-4-11(10-20)8-13(15)19(25)26/h4-9H,3H2,1-2H3,(H,21,24)(H,25,26). The molecule has 0 fully saturated rings. The molecule has 154 valence electrons. The van der Waals surface area contributed by atoms with Gasteiger partial charge in [0.1, 0.15) is 0 Å². The van der Waals surface area contributed by atoms with E-state index >= 15 is 0 Å². The molecule has 0 saturated heterocycles. The number of hydrogen-bond acceptors (Lipinski definition) is 7. The van der Waals surface area contributed by atoms with E-state index in [1.54, 1.807) is 6.92 Å². The van der Waals surface area contributed by atoms with Crippen LogP contribution in [0.25, 0.3) is 11.0 Å². The van der Waals surface area contributed by atoms with Crippen molar-refractivity contribution in [3.8, 4) is 6.07 Å². The quantitative estimate of drug-likeness (QED) is 0.606. The number of aromatic carboxylic acids is 1. The molecular weight excluding hydrogens is 412 g/mol. The molecule has 0 spiro atoms. The van der Waals surface area contributed by atoms with Crippen LogP contribution in [0.15, 0.2) is 45.8 Å². The van der Waals surface area contributed by atoms with Gasteiger partial charge >= 0.3 is 5.97 Å². The second kappa shape index (κ2) is 7.94. The van der Waals surface area contributed by atoms with Crippen LogP contribution in [-0.2, 0) is 10.0 Å². The van der Waals surface area contributed by atoms with Crippen LogP contribution in [0.2, 0.25) is 0 Å². The number of carboxylic acids is 1. The highest BCUT2D eigenvalue weighted by molar-refractivity contribution is 7.89. The molecule has 10 nitrogen and oxygen atoms in total. The number of anilines is 1. The van der Waals surface area contributed by atoms with E-state index in [9.17, 15) is 23.1 Å². The van der Waals surface area contributed by atoms with Gasteiger partial charge in [0.2, 0.25) is 10.0 Å². The molecule has 0 aliphatic heterocycles. The summed E-state index contributed by atoms with van der Waals surface area (Å²) in [5.74, 6) is -2.12. The van der Waals surface area contributed by atoms with Crippen molar-refractivity contribution in [2.24, 2.45) is 0 Å². The number of amides is 1. The molecule has 1 amide bonds. The minimum absolute atomic E-state index is 0.0406. The number of benzene rings is 2. The van der Waals surface area contributed by atoms with Crippen LogP contribution in [-0.4, -0.2) is 48.5 Å². The molecule has 0 saturated carbocycles.